The number of unbranched alkanes of at least 4 members (excludes halogenated alkanes) is 6. The van der Waals surface area contributed by atoms with Crippen molar-refractivity contribution in [1.29, 1.82) is 0 Å². The van der Waals surface area contributed by atoms with Crippen molar-refractivity contribution in [1.82, 2.24) is 0 Å². The van der Waals surface area contributed by atoms with Crippen LogP contribution in [-0.4, -0.2) is 7.11 Å². The molecule has 1 rings (SSSR count). The summed E-state index contributed by atoms with van der Waals surface area (Å²) in [6.45, 7) is 2.27. The first-order valence-electron chi connectivity index (χ1n) is 7.46. The van der Waals surface area contributed by atoms with Gasteiger partial charge in [0.1, 0.15) is 0 Å². The van der Waals surface area contributed by atoms with Gasteiger partial charge in [0.2, 0.25) is 0 Å². The Morgan fingerprint density at radius 3 is 2.11 bits per heavy atom. The van der Waals surface area contributed by atoms with Crippen molar-refractivity contribution in [2.24, 2.45) is 0 Å². The first-order chi connectivity index (χ1) is 8.88. The average molecular weight is 248 g/mol. The maximum absolute atomic E-state index is 5.58. The van der Waals surface area contributed by atoms with Gasteiger partial charge in [-0.25, -0.2) is 0 Å². The molecule has 0 aliphatic rings. The Balaban J connectivity index is 2.13. The van der Waals surface area contributed by atoms with Crippen LogP contribution in [0.25, 0.3) is 0 Å². The first kappa shape index (κ1) is 15.2. The second-order valence-electron chi connectivity index (χ2n) is 5.05. The number of ether oxygens (including phenoxy) is 1. The number of hydrogen-bond acceptors (Lipinski definition) is 1. The van der Waals surface area contributed by atoms with Crippen molar-refractivity contribution in [3.8, 4) is 0 Å². The largest absolute Gasteiger partial charge is 0.377 e. The molecule has 0 aliphatic heterocycles. The van der Waals surface area contributed by atoms with Gasteiger partial charge in [-0.05, 0) is 12.0 Å². The van der Waals surface area contributed by atoms with Crippen LogP contribution in [0.15, 0.2) is 30.3 Å². The molecule has 0 saturated heterocycles. The molecular weight excluding hydrogens is 220 g/mol. The fraction of sp³-hybridized carbons (Fsp3) is 0.647. The molecule has 0 radical (unpaired) electrons. The van der Waals surface area contributed by atoms with Gasteiger partial charge in [0.15, 0.2) is 0 Å². The van der Waals surface area contributed by atoms with Crippen LogP contribution in [0.4, 0.5) is 0 Å². The summed E-state index contributed by atoms with van der Waals surface area (Å²) in [7, 11) is 1.82. The fourth-order valence-corrected chi connectivity index (χ4v) is 2.38. The van der Waals surface area contributed by atoms with E-state index in [0.717, 1.165) is 6.42 Å². The van der Waals surface area contributed by atoms with Crippen LogP contribution in [0.2, 0.25) is 0 Å². The second kappa shape index (κ2) is 10.1. The molecular formula is C17H28O. The minimum atomic E-state index is 0.279. The molecule has 1 nitrogen and oxygen atoms in total. The van der Waals surface area contributed by atoms with Crippen molar-refractivity contribution in [3.05, 3.63) is 35.9 Å². The highest BCUT2D eigenvalue weighted by Gasteiger charge is 2.08. The van der Waals surface area contributed by atoms with E-state index in [4.69, 9.17) is 4.74 Å². The molecule has 1 aromatic rings. The summed E-state index contributed by atoms with van der Waals surface area (Å²) in [5, 5.41) is 0. The zero-order valence-corrected chi connectivity index (χ0v) is 12.0. The van der Waals surface area contributed by atoms with Crippen LogP contribution in [0, 0.1) is 0 Å². The number of rotatable bonds is 10. The van der Waals surface area contributed by atoms with Gasteiger partial charge >= 0.3 is 0 Å². The third-order valence-corrected chi connectivity index (χ3v) is 3.53. The lowest BCUT2D eigenvalue weighted by Crippen LogP contribution is -2.01. The Hall–Kier alpha value is -0.820. The minimum Gasteiger partial charge on any atom is -0.377 e. The molecule has 0 spiro atoms. The van der Waals surface area contributed by atoms with E-state index in [-0.39, 0.29) is 6.10 Å². The monoisotopic (exact) mass is 248 g/mol. The molecule has 1 atom stereocenters. The Bertz CT molecular complexity index is 281. The van der Waals surface area contributed by atoms with Crippen LogP contribution >= 0.6 is 0 Å². The third-order valence-electron chi connectivity index (χ3n) is 3.53. The van der Waals surface area contributed by atoms with Crippen LogP contribution in [0.3, 0.4) is 0 Å². The maximum Gasteiger partial charge on any atom is 0.0821 e. The fourth-order valence-electron chi connectivity index (χ4n) is 2.38. The van der Waals surface area contributed by atoms with Crippen LogP contribution in [0.1, 0.15) is 70.0 Å². The van der Waals surface area contributed by atoms with Crippen LogP contribution < -0.4 is 0 Å². The number of hydrogen-bond donors (Lipinski definition) is 0. The van der Waals surface area contributed by atoms with Crippen molar-refractivity contribution in [2.45, 2.75) is 64.4 Å². The van der Waals surface area contributed by atoms with E-state index in [0.29, 0.717) is 0 Å². The zero-order valence-electron chi connectivity index (χ0n) is 12.0. The van der Waals surface area contributed by atoms with E-state index in [9.17, 15) is 0 Å². The van der Waals surface area contributed by atoms with Gasteiger partial charge in [-0.2, -0.15) is 0 Å². The summed E-state index contributed by atoms with van der Waals surface area (Å²) in [6.07, 6.45) is 11.0. The van der Waals surface area contributed by atoms with Crippen molar-refractivity contribution < 1.29 is 4.74 Å². The standard InChI is InChI=1S/C17H28O/c1-3-4-5-6-7-8-12-15-17(18-2)16-13-10-9-11-14-16/h9-11,13-14,17H,3-8,12,15H2,1-2H3. The molecule has 0 amide bonds. The van der Waals surface area contributed by atoms with Gasteiger partial charge in [-0.15, -0.1) is 0 Å². The summed E-state index contributed by atoms with van der Waals surface area (Å²) >= 11 is 0. The molecule has 0 aliphatic carbocycles. The van der Waals surface area contributed by atoms with E-state index in [1.54, 1.807) is 0 Å². The van der Waals surface area contributed by atoms with E-state index in [1.165, 1.54) is 50.5 Å². The molecule has 0 fully saturated rings. The van der Waals surface area contributed by atoms with E-state index in [1.807, 2.05) is 7.11 Å². The molecule has 0 heterocycles. The minimum absolute atomic E-state index is 0.279. The summed E-state index contributed by atoms with van der Waals surface area (Å²) < 4.78 is 5.58. The highest BCUT2D eigenvalue weighted by atomic mass is 16.5. The van der Waals surface area contributed by atoms with Crippen LogP contribution in [0.5, 0.6) is 0 Å². The quantitative estimate of drug-likeness (QED) is 0.496. The van der Waals surface area contributed by atoms with Crippen molar-refractivity contribution in [2.75, 3.05) is 7.11 Å². The lowest BCUT2D eigenvalue weighted by molar-refractivity contribution is 0.0931. The smallest absolute Gasteiger partial charge is 0.0821 e. The Morgan fingerprint density at radius 1 is 0.889 bits per heavy atom. The predicted octanol–water partition coefficient (Wildman–Crippen LogP) is 5.51. The highest BCUT2D eigenvalue weighted by molar-refractivity contribution is 5.17. The summed E-state index contributed by atoms with van der Waals surface area (Å²) in [5.74, 6) is 0. The lowest BCUT2D eigenvalue weighted by Gasteiger charge is -2.15. The van der Waals surface area contributed by atoms with Crippen LogP contribution in [-0.2, 0) is 4.74 Å². The second-order valence-corrected chi connectivity index (χ2v) is 5.05. The lowest BCUT2D eigenvalue weighted by atomic mass is 10.0. The van der Waals surface area contributed by atoms with Crippen molar-refractivity contribution >= 4 is 0 Å². The molecule has 0 N–H and O–H groups in total. The van der Waals surface area contributed by atoms with Crippen molar-refractivity contribution in [3.63, 3.8) is 0 Å². The topological polar surface area (TPSA) is 9.23 Å². The third kappa shape index (κ3) is 6.20. The van der Waals surface area contributed by atoms with Gasteiger partial charge in [0, 0.05) is 7.11 Å². The van der Waals surface area contributed by atoms with Gasteiger partial charge in [0.25, 0.3) is 0 Å². The summed E-state index contributed by atoms with van der Waals surface area (Å²) in [6, 6.07) is 10.6. The van der Waals surface area contributed by atoms with E-state index < -0.39 is 0 Å². The number of benzene rings is 1. The molecule has 1 heteroatoms. The average Bonchev–Trinajstić information content (AvgIpc) is 2.43. The SMILES string of the molecule is CCCCCCCCCC(OC)c1ccccc1. The molecule has 0 aromatic heterocycles. The predicted molar refractivity (Wildman–Crippen MR) is 78.8 cm³/mol. The molecule has 1 unspecified atom stereocenters. The van der Waals surface area contributed by atoms with Gasteiger partial charge in [0.05, 0.1) is 6.10 Å². The summed E-state index contributed by atoms with van der Waals surface area (Å²) in [5.41, 5.74) is 1.31. The maximum atomic E-state index is 5.58. The molecule has 18 heavy (non-hydrogen) atoms. The van der Waals surface area contributed by atoms with Gasteiger partial charge < -0.3 is 4.74 Å². The molecule has 1 aromatic carbocycles. The Labute approximate surface area is 113 Å². The van der Waals surface area contributed by atoms with E-state index in [2.05, 4.69) is 37.3 Å². The Morgan fingerprint density at radius 2 is 1.50 bits per heavy atom. The number of methoxy groups -OCH3 is 1. The first-order valence-corrected chi connectivity index (χ1v) is 7.46. The Kier molecular flexibility index (Phi) is 8.58. The zero-order chi connectivity index (χ0) is 13.1. The molecule has 102 valence electrons. The van der Waals surface area contributed by atoms with Gasteiger partial charge in [-0.1, -0.05) is 82.2 Å². The molecule has 0 bridgehead atoms. The van der Waals surface area contributed by atoms with E-state index >= 15 is 0 Å². The highest BCUT2D eigenvalue weighted by Crippen LogP contribution is 2.23. The summed E-state index contributed by atoms with van der Waals surface area (Å²) in [4.78, 5) is 0. The molecule has 0 saturated carbocycles. The normalized spacial score (nSPS) is 12.6. The van der Waals surface area contributed by atoms with Gasteiger partial charge in [-0.3, -0.25) is 0 Å².